The molecule has 1 amide bonds. The zero-order chi connectivity index (χ0) is 20.1. The predicted molar refractivity (Wildman–Crippen MR) is 113 cm³/mol. The molecule has 2 aromatic heterocycles. The van der Waals surface area contributed by atoms with Gasteiger partial charge in [-0.25, -0.2) is 0 Å². The van der Waals surface area contributed by atoms with Crippen LogP contribution in [-0.4, -0.2) is 20.7 Å². The number of aryl methyl sites for hydroxylation is 1. The first kappa shape index (κ1) is 19.8. The summed E-state index contributed by atoms with van der Waals surface area (Å²) < 4.78 is 7.57. The second-order valence-electron chi connectivity index (χ2n) is 7.44. The van der Waals surface area contributed by atoms with E-state index in [1.807, 2.05) is 43.3 Å². The largest absolute Gasteiger partial charge is 0.467 e. The van der Waals surface area contributed by atoms with Crippen molar-refractivity contribution in [1.82, 2.24) is 20.1 Å². The van der Waals surface area contributed by atoms with Crippen LogP contribution in [0.1, 0.15) is 65.7 Å². The number of carbonyl (C=O) groups excluding carboxylic acids is 1. The summed E-state index contributed by atoms with van der Waals surface area (Å²) in [5.74, 6) is 2.38. The number of hydrogen-bond acceptors (Lipinski definition) is 5. The van der Waals surface area contributed by atoms with Crippen LogP contribution < -0.4 is 5.32 Å². The Bertz CT molecular complexity index is 946. The molecule has 29 heavy (non-hydrogen) atoms. The van der Waals surface area contributed by atoms with Gasteiger partial charge in [0.2, 0.25) is 0 Å². The van der Waals surface area contributed by atoms with Gasteiger partial charge in [-0.1, -0.05) is 43.2 Å². The van der Waals surface area contributed by atoms with Crippen molar-refractivity contribution >= 4 is 17.7 Å². The van der Waals surface area contributed by atoms with Gasteiger partial charge in [-0.05, 0) is 49.6 Å². The molecule has 2 heterocycles. The molecule has 0 unspecified atom stereocenters. The number of furan rings is 1. The number of amides is 1. The van der Waals surface area contributed by atoms with Crippen molar-refractivity contribution in [2.45, 2.75) is 62.5 Å². The van der Waals surface area contributed by atoms with Crippen molar-refractivity contribution in [2.75, 3.05) is 0 Å². The molecule has 1 N–H and O–H groups in total. The van der Waals surface area contributed by atoms with Gasteiger partial charge in [0.15, 0.2) is 5.16 Å². The van der Waals surface area contributed by atoms with E-state index in [1.165, 1.54) is 32.1 Å². The van der Waals surface area contributed by atoms with Crippen LogP contribution in [0.25, 0.3) is 0 Å². The average Bonchev–Trinajstić information content (AvgIpc) is 3.41. The molecule has 0 spiro atoms. The zero-order valence-corrected chi connectivity index (χ0v) is 17.5. The van der Waals surface area contributed by atoms with Gasteiger partial charge in [0, 0.05) is 17.4 Å². The fourth-order valence-electron chi connectivity index (χ4n) is 3.84. The summed E-state index contributed by atoms with van der Waals surface area (Å²) in [7, 11) is 0. The molecular weight excluding hydrogens is 384 g/mol. The fourth-order valence-corrected chi connectivity index (χ4v) is 4.83. The first-order valence-corrected chi connectivity index (χ1v) is 11.1. The molecule has 1 aromatic carbocycles. The molecular formula is C22H26N4O2S. The van der Waals surface area contributed by atoms with Crippen LogP contribution in [0, 0.1) is 6.92 Å². The Morgan fingerprint density at radius 3 is 2.86 bits per heavy atom. The Hall–Kier alpha value is -2.54. The topological polar surface area (TPSA) is 73.0 Å². The van der Waals surface area contributed by atoms with Crippen LogP contribution in [0.2, 0.25) is 0 Å². The minimum atomic E-state index is -0.102. The molecule has 1 aliphatic rings. The first-order valence-electron chi connectivity index (χ1n) is 10.1. The molecule has 1 saturated carbocycles. The highest BCUT2D eigenvalue weighted by Gasteiger charge is 2.21. The fraction of sp³-hybridized carbons (Fsp3) is 0.409. The molecule has 3 aromatic rings. The SMILES string of the molecule is Cc1nnc(SCc2cccc(C(=O)NCc3ccco3)c2)n1C1CCCCC1. The van der Waals surface area contributed by atoms with E-state index >= 15 is 0 Å². The Morgan fingerprint density at radius 1 is 1.21 bits per heavy atom. The summed E-state index contributed by atoms with van der Waals surface area (Å²) in [6.07, 6.45) is 7.90. The smallest absolute Gasteiger partial charge is 0.251 e. The van der Waals surface area contributed by atoms with Crippen LogP contribution in [0.5, 0.6) is 0 Å². The van der Waals surface area contributed by atoms with Crippen LogP contribution in [0.4, 0.5) is 0 Å². The van der Waals surface area contributed by atoms with Crippen LogP contribution in [-0.2, 0) is 12.3 Å². The monoisotopic (exact) mass is 410 g/mol. The Labute approximate surface area is 175 Å². The normalized spacial score (nSPS) is 14.8. The maximum Gasteiger partial charge on any atom is 0.251 e. The number of aromatic nitrogens is 3. The summed E-state index contributed by atoms with van der Waals surface area (Å²) >= 11 is 1.69. The minimum Gasteiger partial charge on any atom is -0.467 e. The molecule has 0 bridgehead atoms. The highest BCUT2D eigenvalue weighted by atomic mass is 32.2. The lowest BCUT2D eigenvalue weighted by atomic mass is 9.95. The molecule has 6 nitrogen and oxygen atoms in total. The molecule has 0 radical (unpaired) electrons. The third-order valence-corrected chi connectivity index (χ3v) is 6.35. The summed E-state index contributed by atoms with van der Waals surface area (Å²) in [6.45, 7) is 2.42. The lowest BCUT2D eigenvalue weighted by molar-refractivity contribution is 0.0948. The minimum absolute atomic E-state index is 0.102. The highest BCUT2D eigenvalue weighted by molar-refractivity contribution is 7.98. The number of rotatable bonds is 7. The molecule has 4 rings (SSSR count). The van der Waals surface area contributed by atoms with E-state index < -0.39 is 0 Å². The van der Waals surface area contributed by atoms with Crippen molar-refractivity contribution in [1.29, 1.82) is 0 Å². The van der Waals surface area contributed by atoms with E-state index in [1.54, 1.807) is 18.0 Å². The van der Waals surface area contributed by atoms with Crippen molar-refractivity contribution in [2.24, 2.45) is 0 Å². The maximum atomic E-state index is 12.4. The Morgan fingerprint density at radius 2 is 2.07 bits per heavy atom. The van der Waals surface area contributed by atoms with Crippen molar-refractivity contribution in [3.05, 3.63) is 65.4 Å². The van der Waals surface area contributed by atoms with E-state index in [9.17, 15) is 4.79 Å². The second kappa shape index (κ2) is 9.31. The van der Waals surface area contributed by atoms with Gasteiger partial charge >= 0.3 is 0 Å². The van der Waals surface area contributed by atoms with Gasteiger partial charge in [-0.2, -0.15) is 0 Å². The van der Waals surface area contributed by atoms with Gasteiger partial charge in [0.1, 0.15) is 11.6 Å². The van der Waals surface area contributed by atoms with E-state index in [0.717, 1.165) is 28.1 Å². The third-order valence-electron chi connectivity index (χ3n) is 5.34. The van der Waals surface area contributed by atoms with Gasteiger partial charge in [0.05, 0.1) is 12.8 Å². The molecule has 0 aliphatic heterocycles. The van der Waals surface area contributed by atoms with Gasteiger partial charge in [-0.15, -0.1) is 10.2 Å². The summed E-state index contributed by atoms with van der Waals surface area (Å²) in [5, 5.41) is 12.6. The van der Waals surface area contributed by atoms with Crippen molar-refractivity contribution in [3.63, 3.8) is 0 Å². The Kier molecular flexibility index (Phi) is 6.34. The quantitative estimate of drug-likeness (QED) is 0.561. The lowest BCUT2D eigenvalue weighted by Crippen LogP contribution is -2.22. The van der Waals surface area contributed by atoms with Crippen LogP contribution in [0.3, 0.4) is 0 Å². The number of nitrogens with zero attached hydrogens (tertiary/aromatic N) is 3. The van der Waals surface area contributed by atoms with Crippen LogP contribution in [0.15, 0.2) is 52.2 Å². The molecule has 0 saturated heterocycles. The summed E-state index contributed by atoms with van der Waals surface area (Å²) in [6, 6.07) is 11.9. The van der Waals surface area contributed by atoms with E-state index in [0.29, 0.717) is 18.2 Å². The van der Waals surface area contributed by atoms with Crippen molar-refractivity contribution < 1.29 is 9.21 Å². The van der Waals surface area contributed by atoms with E-state index in [4.69, 9.17) is 4.42 Å². The van der Waals surface area contributed by atoms with Gasteiger partial charge < -0.3 is 14.3 Å². The summed E-state index contributed by atoms with van der Waals surface area (Å²) in [4.78, 5) is 12.4. The molecule has 1 aliphatic carbocycles. The number of hydrogen-bond donors (Lipinski definition) is 1. The van der Waals surface area contributed by atoms with E-state index in [-0.39, 0.29) is 5.91 Å². The summed E-state index contributed by atoms with van der Waals surface area (Å²) in [5.41, 5.74) is 1.75. The molecule has 152 valence electrons. The van der Waals surface area contributed by atoms with Crippen molar-refractivity contribution in [3.8, 4) is 0 Å². The Balaban J connectivity index is 1.39. The molecule has 1 fully saturated rings. The predicted octanol–water partition coefficient (Wildman–Crippen LogP) is 4.91. The highest BCUT2D eigenvalue weighted by Crippen LogP contribution is 2.33. The second-order valence-corrected chi connectivity index (χ2v) is 8.39. The molecule has 7 heteroatoms. The van der Waals surface area contributed by atoms with Gasteiger partial charge in [-0.3, -0.25) is 4.79 Å². The number of thioether (sulfide) groups is 1. The average molecular weight is 411 g/mol. The first-order chi connectivity index (χ1) is 14.2. The third kappa shape index (κ3) is 4.90. The lowest BCUT2D eigenvalue weighted by Gasteiger charge is -2.25. The van der Waals surface area contributed by atoms with E-state index in [2.05, 4.69) is 20.1 Å². The number of nitrogens with one attached hydrogen (secondary N) is 1. The van der Waals surface area contributed by atoms with Gasteiger partial charge in [0.25, 0.3) is 5.91 Å². The number of benzene rings is 1. The molecule has 0 atom stereocenters. The number of carbonyl (C=O) groups is 1. The maximum absolute atomic E-state index is 12.4. The van der Waals surface area contributed by atoms with Crippen LogP contribution >= 0.6 is 11.8 Å². The standard InChI is InChI=1S/C22H26N4O2S/c1-16-24-25-22(26(16)19-9-3-2-4-10-19)29-15-17-7-5-8-18(13-17)21(27)23-14-20-11-6-12-28-20/h5-8,11-13,19H,2-4,9-10,14-15H2,1H3,(H,23,27). The zero-order valence-electron chi connectivity index (χ0n) is 16.6.